The van der Waals surface area contributed by atoms with E-state index in [9.17, 15) is 14.4 Å². The molecule has 1 heterocycles. The zero-order valence-electron chi connectivity index (χ0n) is 15.2. The van der Waals surface area contributed by atoms with Gasteiger partial charge in [-0.2, -0.15) is 0 Å². The van der Waals surface area contributed by atoms with E-state index in [-0.39, 0.29) is 24.7 Å². The number of aryl methyl sites for hydroxylation is 1. The number of fused-ring (bicyclic) bond motifs is 2. The van der Waals surface area contributed by atoms with Crippen molar-refractivity contribution in [2.45, 2.75) is 19.3 Å². The van der Waals surface area contributed by atoms with Gasteiger partial charge < -0.3 is 10.1 Å². The molecule has 0 saturated carbocycles. The molecule has 0 atom stereocenters. The van der Waals surface area contributed by atoms with Crippen LogP contribution in [0.15, 0.2) is 60.7 Å². The van der Waals surface area contributed by atoms with Crippen molar-refractivity contribution >= 4 is 34.1 Å². The largest absolute Gasteiger partial charge is 0.457 e. The van der Waals surface area contributed by atoms with E-state index in [0.29, 0.717) is 18.4 Å². The molecular formula is C23H19NO4. The quantitative estimate of drug-likeness (QED) is 0.547. The molecule has 3 aromatic rings. The fourth-order valence-corrected chi connectivity index (χ4v) is 3.44. The van der Waals surface area contributed by atoms with Gasteiger partial charge in [-0.3, -0.25) is 14.4 Å². The van der Waals surface area contributed by atoms with E-state index >= 15 is 0 Å². The van der Waals surface area contributed by atoms with Gasteiger partial charge in [-0.1, -0.05) is 42.5 Å². The zero-order valence-corrected chi connectivity index (χ0v) is 15.2. The summed E-state index contributed by atoms with van der Waals surface area (Å²) >= 11 is 0. The molecule has 0 radical (unpaired) electrons. The van der Waals surface area contributed by atoms with Gasteiger partial charge in [0, 0.05) is 17.7 Å². The predicted molar refractivity (Wildman–Crippen MR) is 106 cm³/mol. The van der Waals surface area contributed by atoms with Gasteiger partial charge >= 0.3 is 5.97 Å². The van der Waals surface area contributed by atoms with Crippen molar-refractivity contribution in [3.8, 4) is 0 Å². The highest BCUT2D eigenvalue weighted by molar-refractivity contribution is 6.00. The van der Waals surface area contributed by atoms with Crippen molar-refractivity contribution in [2.24, 2.45) is 0 Å². The van der Waals surface area contributed by atoms with Crippen LogP contribution in [0.2, 0.25) is 0 Å². The Morgan fingerprint density at radius 3 is 2.68 bits per heavy atom. The lowest BCUT2D eigenvalue weighted by Gasteiger charge is -2.17. The van der Waals surface area contributed by atoms with Crippen molar-refractivity contribution < 1.29 is 19.1 Å². The predicted octanol–water partition coefficient (Wildman–Crippen LogP) is 3.69. The van der Waals surface area contributed by atoms with Gasteiger partial charge in [0.05, 0.1) is 6.42 Å². The number of hydrogen-bond acceptors (Lipinski definition) is 4. The number of esters is 1. The van der Waals surface area contributed by atoms with Gasteiger partial charge in [0.1, 0.15) is 0 Å². The number of Topliss-reactive ketones (excluding diaryl/α,β-unsaturated/α-hetero) is 1. The van der Waals surface area contributed by atoms with Crippen molar-refractivity contribution in [1.82, 2.24) is 0 Å². The first-order valence-electron chi connectivity index (χ1n) is 9.18. The Kier molecular flexibility index (Phi) is 4.89. The lowest BCUT2D eigenvalue weighted by atomic mass is 9.99. The molecule has 3 aromatic carbocycles. The second-order valence-electron chi connectivity index (χ2n) is 6.82. The minimum absolute atomic E-state index is 0.0195. The van der Waals surface area contributed by atoms with Gasteiger partial charge in [0.2, 0.25) is 5.91 Å². The lowest BCUT2D eigenvalue weighted by Crippen LogP contribution is -2.20. The van der Waals surface area contributed by atoms with Gasteiger partial charge in [0.25, 0.3) is 0 Å². The Labute approximate surface area is 162 Å². The third-order valence-electron chi connectivity index (χ3n) is 4.90. The second-order valence-corrected chi connectivity index (χ2v) is 6.82. The summed E-state index contributed by atoms with van der Waals surface area (Å²) in [5.41, 5.74) is 3.02. The molecule has 1 aliphatic heterocycles. The van der Waals surface area contributed by atoms with Crippen LogP contribution in [0.25, 0.3) is 10.8 Å². The maximum absolute atomic E-state index is 12.4. The molecule has 0 unspecified atom stereocenters. The normalized spacial score (nSPS) is 12.9. The SMILES string of the molecule is O=C1CCc2cc(C(=O)COC(=O)Cc3cccc4ccccc34)ccc2N1. The van der Waals surface area contributed by atoms with Gasteiger partial charge in [0.15, 0.2) is 12.4 Å². The molecule has 0 saturated heterocycles. The minimum Gasteiger partial charge on any atom is -0.457 e. The topological polar surface area (TPSA) is 72.5 Å². The van der Waals surface area contributed by atoms with Crippen LogP contribution in [-0.4, -0.2) is 24.3 Å². The van der Waals surface area contributed by atoms with Crippen molar-refractivity contribution in [3.05, 3.63) is 77.4 Å². The first-order valence-corrected chi connectivity index (χ1v) is 9.18. The Balaban J connectivity index is 1.39. The molecule has 5 nitrogen and oxygen atoms in total. The fraction of sp³-hybridized carbons (Fsp3) is 0.174. The number of anilines is 1. The molecule has 4 rings (SSSR count). The number of benzene rings is 3. The maximum Gasteiger partial charge on any atom is 0.310 e. The standard InChI is InChI=1S/C23H19NO4/c25-21(18-8-10-20-17(12-18)9-11-22(26)24-20)14-28-23(27)13-16-6-3-5-15-4-1-2-7-19(15)16/h1-8,10,12H,9,11,13-14H2,(H,24,26). The van der Waals surface area contributed by atoms with E-state index in [4.69, 9.17) is 4.74 Å². The van der Waals surface area contributed by atoms with E-state index in [1.165, 1.54) is 0 Å². The summed E-state index contributed by atoms with van der Waals surface area (Å²) in [7, 11) is 0. The molecular weight excluding hydrogens is 354 g/mol. The van der Waals surface area contributed by atoms with Gasteiger partial charge in [-0.25, -0.2) is 0 Å². The van der Waals surface area contributed by atoms with Crippen molar-refractivity contribution in [2.75, 3.05) is 11.9 Å². The molecule has 1 N–H and O–H groups in total. The first-order chi connectivity index (χ1) is 13.6. The highest BCUT2D eigenvalue weighted by atomic mass is 16.5. The van der Waals surface area contributed by atoms with Crippen LogP contribution in [0.5, 0.6) is 0 Å². The van der Waals surface area contributed by atoms with Crippen LogP contribution < -0.4 is 5.32 Å². The van der Waals surface area contributed by atoms with E-state index in [1.807, 2.05) is 42.5 Å². The number of carbonyl (C=O) groups excluding carboxylic acids is 3. The van der Waals surface area contributed by atoms with Crippen LogP contribution in [0, 0.1) is 0 Å². The highest BCUT2D eigenvalue weighted by Gasteiger charge is 2.17. The number of hydrogen-bond donors (Lipinski definition) is 1. The lowest BCUT2D eigenvalue weighted by molar-refractivity contribution is -0.141. The van der Waals surface area contributed by atoms with Crippen molar-refractivity contribution in [1.29, 1.82) is 0 Å². The van der Waals surface area contributed by atoms with Crippen LogP contribution in [0.1, 0.15) is 27.9 Å². The van der Waals surface area contributed by atoms with Crippen molar-refractivity contribution in [3.63, 3.8) is 0 Å². The Hall–Kier alpha value is -3.47. The van der Waals surface area contributed by atoms with Crippen LogP contribution in [0.4, 0.5) is 5.69 Å². The summed E-state index contributed by atoms with van der Waals surface area (Å²) < 4.78 is 5.21. The molecule has 1 amide bonds. The summed E-state index contributed by atoms with van der Waals surface area (Å²) in [6.07, 6.45) is 1.12. The Bertz CT molecular complexity index is 1080. The van der Waals surface area contributed by atoms with Crippen LogP contribution in [-0.2, 0) is 27.2 Å². The molecule has 5 heteroatoms. The molecule has 0 aliphatic carbocycles. The average Bonchev–Trinajstić information content (AvgIpc) is 2.72. The van der Waals surface area contributed by atoms with E-state index in [2.05, 4.69) is 5.32 Å². The molecule has 0 spiro atoms. The number of nitrogens with one attached hydrogen (secondary N) is 1. The number of carbonyl (C=O) groups is 3. The summed E-state index contributed by atoms with van der Waals surface area (Å²) in [5, 5.41) is 4.85. The molecule has 28 heavy (non-hydrogen) atoms. The molecule has 0 aromatic heterocycles. The Morgan fingerprint density at radius 2 is 1.79 bits per heavy atom. The number of amides is 1. The first kappa shape index (κ1) is 17.9. The van der Waals surface area contributed by atoms with Gasteiger partial charge in [-0.15, -0.1) is 0 Å². The van der Waals surface area contributed by atoms with Crippen LogP contribution in [0.3, 0.4) is 0 Å². The minimum atomic E-state index is -0.435. The number of rotatable bonds is 5. The summed E-state index contributed by atoms with van der Waals surface area (Å²) in [4.78, 5) is 36.1. The average molecular weight is 373 g/mol. The maximum atomic E-state index is 12.4. The van der Waals surface area contributed by atoms with E-state index < -0.39 is 5.97 Å². The third-order valence-corrected chi connectivity index (χ3v) is 4.90. The number of ketones is 1. The van der Waals surface area contributed by atoms with E-state index in [1.54, 1.807) is 18.2 Å². The highest BCUT2D eigenvalue weighted by Crippen LogP contribution is 2.24. The molecule has 0 bridgehead atoms. The number of ether oxygens (including phenoxy) is 1. The summed E-state index contributed by atoms with van der Waals surface area (Å²) in [5.74, 6) is -0.713. The third kappa shape index (κ3) is 3.78. The summed E-state index contributed by atoms with van der Waals surface area (Å²) in [6, 6.07) is 18.8. The fourth-order valence-electron chi connectivity index (χ4n) is 3.44. The molecule has 0 fully saturated rings. The Morgan fingerprint density at radius 1 is 0.964 bits per heavy atom. The molecule has 1 aliphatic rings. The summed E-state index contributed by atoms with van der Waals surface area (Å²) in [6.45, 7) is -0.297. The monoisotopic (exact) mass is 373 g/mol. The zero-order chi connectivity index (χ0) is 19.5. The second kappa shape index (κ2) is 7.64. The van der Waals surface area contributed by atoms with E-state index in [0.717, 1.165) is 27.6 Å². The van der Waals surface area contributed by atoms with Gasteiger partial charge in [-0.05, 0) is 46.5 Å². The van der Waals surface area contributed by atoms with Crippen LogP contribution >= 0.6 is 0 Å². The smallest absolute Gasteiger partial charge is 0.310 e. The molecule has 140 valence electrons.